The van der Waals surface area contributed by atoms with Crippen LogP contribution in [0.3, 0.4) is 0 Å². The maximum atomic E-state index is 11.8. The standard InChI is InChI=1S/C10H20F3NO/c1-4-5-14-6-9(2,3)7-15-8-10(11,12)13/h14H,4-8H2,1-3H3. The van der Waals surface area contributed by atoms with Gasteiger partial charge in [-0.3, -0.25) is 0 Å². The topological polar surface area (TPSA) is 21.3 Å². The van der Waals surface area contributed by atoms with E-state index in [1.54, 1.807) is 0 Å². The van der Waals surface area contributed by atoms with Gasteiger partial charge in [-0.25, -0.2) is 0 Å². The molecule has 1 N–H and O–H groups in total. The van der Waals surface area contributed by atoms with Crippen LogP contribution in [0.2, 0.25) is 0 Å². The molecule has 0 amide bonds. The highest BCUT2D eigenvalue weighted by molar-refractivity contribution is 4.71. The van der Waals surface area contributed by atoms with Crippen LogP contribution >= 0.6 is 0 Å². The van der Waals surface area contributed by atoms with Crippen LogP contribution in [-0.2, 0) is 4.74 Å². The van der Waals surface area contributed by atoms with Crippen molar-refractivity contribution in [3.05, 3.63) is 0 Å². The number of nitrogens with one attached hydrogen (secondary N) is 1. The summed E-state index contributed by atoms with van der Waals surface area (Å²) in [6.45, 7) is 6.30. The second-order valence-electron chi connectivity index (χ2n) is 4.45. The molecule has 0 spiro atoms. The van der Waals surface area contributed by atoms with Crippen molar-refractivity contribution in [3.8, 4) is 0 Å². The van der Waals surface area contributed by atoms with E-state index < -0.39 is 12.8 Å². The van der Waals surface area contributed by atoms with Crippen LogP contribution in [0.1, 0.15) is 27.2 Å². The minimum Gasteiger partial charge on any atom is -0.371 e. The third kappa shape index (κ3) is 10.0. The Labute approximate surface area is 89.2 Å². The summed E-state index contributed by atoms with van der Waals surface area (Å²) in [4.78, 5) is 0. The summed E-state index contributed by atoms with van der Waals surface area (Å²) in [6, 6.07) is 0. The fourth-order valence-corrected chi connectivity index (χ4v) is 1.10. The highest BCUT2D eigenvalue weighted by Gasteiger charge is 2.29. The Balaban J connectivity index is 3.64. The van der Waals surface area contributed by atoms with Gasteiger partial charge in [-0.1, -0.05) is 20.8 Å². The highest BCUT2D eigenvalue weighted by atomic mass is 19.4. The summed E-state index contributed by atoms with van der Waals surface area (Å²) in [7, 11) is 0. The van der Waals surface area contributed by atoms with Crippen molar-refractivity contribution in [2.45, 2.75) is 33.4 Å². The second-order valence-corrected chi connectivity index (χ2v) is 4.45. The molecule has 0 atom stereocenters. The summed E-state index contributed by atoms with van der Waals surface area (Å²) in [5.41, 5.74) is -0.263. The van der Waals surface area contributed by atoms with Crippen molar-refractivity contribution in [1.82, 2.24) is 5.32 Å². The van der Waals surface area contributed by atoms with E-state index in [0.29, 0.717) is 6.54 Å². The molecule has 0 saturated carbocycles. The predicted molar refractivity (Wildman–Crippen MR) is 53.8 cm³/mol. The Morgan fingerprint density at radius 3 is 2.20 bits per heavy atom. The molecule has 0 heterocycles. The van der Waals surface area contributed by atoms with E-state index in [-0.39, 0.29) is 12.0 Å². The zero-order valence-corrected chi connectivity index (χ0v) is 9.58. The Morgan fingerprint density at radius 1 is 1.13 bits per heavy atom. The van der Waals surface area contributed by atoms with E-state index in [1.807, 2.05) is 20.8 Å². The number of rotatable bonds is 7. The van der Waals surface area contributed by atoms with Crippen LogP contribution in [-0.4, -0.2) is 32.5 Å². The van der Waals surface area contributed by atoms with E-state index in [2.05, 4.69) is 10.1 Å². The fourth-order valence-electron chi connectivity index (χ4n) is 1.10. The third-order valence-electron chi connectivity index (χ3n) is 1.79. The first kappa shape index (κ1) is 14.7. The van der Waals surface area contributed by atoms with Crippen molar-refractivity contribution in [2.24, 2.45) is 5.41 Å². The van der Waals surface area contributed by atoms with E-state index in [0.717, 1.165) is 13.0 Å². The molecule has 15 heavy (non-hydrogen) atoms. The van der Waals surface area contributed by atoms with Gasteiger partial charge in [-0.2, -0.15) is 13.2 Å². The first-order valence-electron chi connectivity index (χ1n) is 5.12. The number of ether oxygens (including phenoxy) is 1. The Morgan fingerprint density at radius 2 is 1.73 bits per heavy atom. The Kier molecular flexibility index (Phi) is 6.20. The first-order valence-corrected chi connectivity index (χ1v) is 5.12. The smallest absolute Gasteiger partial charge is 0.371 e. The fraction of sp³-hybridized carbons (Fsp3) is 1.00. The number of alkyl halides is 3. The molecule has 5 heteroatoms. The van der Waals surface area contributed by atoms with Gasteiger partial charge < -0.3 is 10.1 Å². The average Bonchev–Trinajstić information content (AvgIpc) is 2.01. The van der Waals surface area contributed by atoms with Gasteiger partial charge in [0.2, 0.25) is 0 Å². The van der Waals surface area contributed by atoms with Crippen LogP contribution < -0.4 is 5.32 Å². The predicted octanol–water partition coefficient (Wildman–Crippen LogP) is 2.59. The van der Waals surface area contributed by atoms with Crippen molar-refractivity contribution in [2.75, 3.05) is 26.3 Å². The summed E-state index contributed by atoms with van der Waals surface area (Å²) in [5.74, 6) is 0. The van der Waals surface area contributed by atoms with Gasteiger partial charge in [-0.15, -0.1) is 0 Å². The van der Waals surface area contributed by atoms with Gasteiger partial charge in [0.05, 0.1) is 6.61 Å². The summed E-state index contributed by atoms with van der Waals surface area (Å²) in [5, 5.41) is 3.16. The van der Waals surface area contributed by atoms with E-state index >= 15 is 0 Å². The van der Waals surface area contributed by atoms with Crippen LogP contribution in [0, 0.1) is 5.41 Å². The van der Waals surface area contributed by atoms with Crippen LogP contribution in [0.5, 0.6) is 0 Å². The van der Waals surface area contributed by atoms with Crippen LogP contribution in [0.15, 0.2) is 0 Å². The van der Waals surface area contributed by atoms with Gasteiger partial charge in [0.1, 0.15) is 6.61 Å². The number of hydrogen-bond acceptors (Lipinski definition) is 2. The monoisotopic (exact) mass is 227 g/mol. The second kappa shape index (κ2) is 6.33. The van der Waals surface area contributed by atoms with E-state index in [1.165, 1.54) is 0 Å². The van der Waals surface area contributed by atoms with Gasteiger partial charge in [-0.05, 0) is 13.0 Å². The van der Waals surface area contributed by atoms with E-state index in [9.17, 15) is 13.2 Å². The van der Waals surface area contributed by atoms with Crippen LogP contribution in [0.25, 0.3) is 0 Å². The molecule has 0 aromatic rings. The summed E-state index contributed by atoms with van der Waals surface area (Å²) in [6.07, 6.45) is -3.22. The highest BCUT2D eigenvalue weighted by Crippen LogP contribution is 2.18. The van der Waals surface area contributed by atoms with Gasteiger partial charge in [0, 0.05) is 12.0 Å². The number of hydrogen-bond donors (Lipinski definition) is 1. The van der Waals surface area contributed by atoms with Crippen molar-refractivity contribution >= 4 is 0 Å². The van der Waals surface area contributed by atoms with Gasteiger partial charge in [0.25, 0.3) is 0 Å². The minimum atomic E-state index is -4.23. The molecular formula is C10H20F3NO. The molecule has 0 saturated heterocycles. The lowest BCUT2D eigenvalue weighted by Gasteiger charge is -2.25. The lowest BCUT2D eigenvalue weighted by molar-refractivity contribution is -0.179. The average molecular weight is 227 g/mol. The molecule has 0 radical (unpaired) electrons. The normalized spacial score (nSPS) is 13.2. The molecule has 0 fully saturated rings. The molecule has 2 nitrogen and oxygen atoms in total. The molecule has 92 valence electrons. The third-order valence-corrected chi connectivity index (χ3v) is 1.79. The zero-order valence-electron chi connectivity index (χ0n) is 9.58. The van der Waals surface area contributed by atoms with Crippen molar-refractivity contribution < 1.29 is 17.9 Å². The van der Waals surface area contributed by atoms with Gasteiger partial charge in [0.15, 0.2) is 0 Å². The summed E-state index contributed by atoms with van der Waals surface area (Å²) >= 11 is 0. The van der Waals surface area contributed by atoms with Crippen LogP contribution in [0.4, 0.5) is 13.2 Å². The minimum absolute atomic E-state index is 0.114. The molecule has 0 aliphatic rings. The lowest BCUT2D eigenvalue weighted by atomic mass is 9.95. The maximum Gasteiger partial charge on any atom is 0.411 e. The molecule has 0 aromatic heterocycles. The molecule has 0 rings (SSSR count). The first-order chi connectivity index (χ1) is 6.77. The Bertz CT molecular complexity index is 169. The molecule has 0 aliphatic carbocycles. The molecular weight excluding hydrogens is 207 g/mol. The van der Waals surface area contributed by atoms with Crippen molar-refractivity contribution in [1.29, 1.82) is 0 Å². The Hall–Kier alpha value is -0.290. The van der Waals surface area contributed by atoms with Crippen molar-refractivity contribution in [3.63, 3.8) is 0 Å². The molecule has 0 aromatic carbocycles. The molecule has 0 aliphatic heterocycles. The summed E-state index contributed by atoms with van der Waals surface area (Å²) < 4.78 is 40.0. The SMILES string of the molecule is CCCNCC(C)(C)COCC(F)(F)F. The quantitative estimate of drug-likeness (QED) is 0.675. The zero-order chi connectivity index (χ0) is 11.9. The molecule has 0 unspecified atom stereocenters. The van der Waals surface area contributed by atoms with Gasteiger partial charge >= 0.3 is 6.18 Å². The van der Waals surface area contributed by atoms with E-state index in [4.69, 9.17) is 0 Å². The largest absolute Gasteiger partial charge is 0.411 e. The number of halogens is 3. The molecule has 0 bridgehead atoms. The lowest BCUT2D eigenvalue weighted by Crippen LogP contribution is -2.34. The maximum absolute atomic E-state index is 11.8.